The van der Waals surface area contributed by atoms with Crippen molar-refractivity contribution in [1.29, 1.82) is 0 Å². The average molecular weight is 255 g/mol. The summed E-state index contributed by atoms with van der Waals surface area (Å²) in [6, 6.07) is 2.42. The van der Waals surface area contributed by atoms with E-state index >= 15 is 0 Å². The molecule has 1 N–H and O–H groups in total. The van der Waals surface area contributed by atoms with Gasteiger partial charge in [0.25, 0.3) is 0 Å². The number of nitrogens with one attached hydrogen (secondary N) is 1. The van der Waals surface area contributed by atoms with Crippen molar-refractivity contribution in [3.05, 3.63) is 23.0 Å². The van der Waals surface area contributed by atoms with Crippen LogP contribution in [0.15, 0.2) is 12.3 Å². The largest absolute Gasteiger partial charge is 0.379 e. The third-order valence-corrected chi connectivity index (χ3v) is 3.77. The smallest absolute Gasteiger partial charge is 0.132 e. The molecule has 0 bridgehead atoms. The van der Waals surface area contributed by atoms with Gasteiger partial charge in [-0.3, -0.25) is 0 Å². The summed E-state index contributed by atoms with van der Waals surface area (Å²) in [5.74, 6) is 0. The van der Waals surface area contributed by atoms with Crippen LogP contribution < -0.4 is 5.32 Å². The lowest BCUT2D eigenvalue weighted by atomic mass is 9.92. The van der Waals surface area contributed by atoms with Gasteiger partial charge in [0.2, 0.25) is 0 Å². The molecule has 1 aliphatic carbocycles. The maximum atomic E-state index is 5.92. The molecule has 3 nitrogen and oxygen atoms in total. The van der Waals surface area contributed by atoms with Crippen LogP contribution in [-0.4, -0.2) is 24.2 Å². The Bertz CT molecular complexity index is 384. The molecule has 2 unspecified atom stereocenters. The van der Waals surface area contributed by atoms with Gasteiger partial charge in [0.15, 0.2) is 0 Å². The molecule has 0 saturated heterocycles. The topological polar surface area (TPSA) is 34.1 Å². The van der Waals surface area contributed by atoms with Crippen LogP contribution in [0.2, 0.25) is 5.15 Å². The van der Waals surface area contributed by atoms with E-state index in [2.05, 4.69) is 10.3 Å². The number of methoxy groups -OCH3 is 1. The minimum absolute atomic E-state index is 0.305. The normalized spacial score (nSPS) is 24.6. The van der Waals surface area contributed by atoms with E-state index in [-0.39, 0.29) is 0 Å². The number of aromatic nitrogens is 1. The molecule has 2 rings (SSSR count). The Labute approximate surface area is 108 Å². The van der Waals surface area contributed by atoms with Gasteiger partial charge in [-0.05, 0) is 31.4 Å². The molecule has 17 heavy (non-hydrogen) atoms. The quantitative estimate of drug-likeness (QED) is 0.840. The molecule has 0 aromatic carbocycles. The van der Waals surface area contributed by atoms with Crippen LogP contribution in [0.3, 0.4) is 0 Å². The Balaban J connectivity index is 2.05. The Hall–Kier alpha value is -0.800. The number of hydrogen-bond acceptors (Lipinski definition) is 3. The highest BCUT2D eigenvalue weighted by atomic mass is 35.5. The van der Waals surface area contributed by atoms with Gasteiger partial charge in [-0.1, -0.05) is 24.4 Å². The number of halogens is 1. The highest BCUT2D eigenvalue weighted by Gasteiger charge is 2.24. The molecule has 0 radical (unpaired) electrons. The standard InChI is InChI=1S/C13H19ClN2O/c1-9-7-10(8-15-13(9)14)16-11-5-3-4-6-12(11)17-2/h7-8,11-12,16H,3-6H2,1-2H3. The maximum absolute atomic E-state index is 5.92. The van der Waals surface area contributed by atoms with Crippen LogP contribution in [-0.2, 0) is 4.74 Å². The van der Waals surface area contributed by atoms with Crippen LogP contribution >= 0.6 is 11.6 Å². The number of rotatable bonds is 3. The predicted molar refractivity (Wildman–Crippen MR) is 70.7 cm³/mol. The Morgan fingerprint density at radius 3 is 2.88 bits per heavy atom. The highest BCUT2D eigenvalue weighted by Crippen LogP contribution is 2.25. The van der Waals surface area contributed by atoms with Gasteiger partial charge in [0.05, 0.1) is 24.0 Å². The van der Waals surface area contributed by atoms with E-state index in [1.807, 2.05) is 13.0 Å². The van der Waals surface area contributed by atoms with Gasteiger partial charge in [-0.15, -0.1) is 0 Å². The minimum atomic E-state index is 0.305. The zero-order valence-electron chi connectivity index (χ0n) is 10.4. The zero-order valence-corrected chi connectivity index (χ0v) is 11.1. The molecule has 1 aliphatic rings. The second kappa shape index (κ2) is 5.69. The number of aryl methyl sites for hydroxylation is 1. The number of hydrogen-bond donors (Lipinski definition) is 1. The second-order valence-electron chi connectivity index (χ2n) is 4.64. The monoisotopic (exact) mass is 254 g/mol. The highest BCUT2D eigenvalue weighted by molar-refractivity contribution is 6.30. The predicted octanol–water partition coefficient (Wildman–Crippen LogP) is 3.41. The molecule has 0 aliphatic heterocycles. The molecule has 94 valence electrons. The van der Waals surface area contributed by atoms with Gasteiger partial charge < -0.3 is 10.1 Å². The fourth-order valence-corrected chi connectivity index (χ4v) is 2.50. The molecule has 1 fully saturated rings. The molecular formula is C13H19ClN2O. The lowest BCUT2D eigenvalue weighted by molar-refractivity contribution is 0.0606. The number of pyridine rings is 1. The molecule has 0 spiro atoms. The first-order valence-electron chi connectivity index (χ1n) is 6.12. The summed E-state index contributed by atoms with van der Waals surface area (Å²) >= 11 is 5.92. The molecular weight excluding hydrogens is 236 g/mol. The summed E-state index contributed by atoms with van der Waals surface area (Å²) in [6.45, 7) is 1.97. The van der Waals surface area contributed by atoms with Gasteiger partial charge in [-0.25, -0.2) is 4.98 Å². The third-order valence-electron chi connectivity index (χ3n) is 3.37. The summed E-state index contributed by atoms with van der Waals surface area (Å²) in [5.41, 5.74) is 2.03. The van der Waals surface area contributed by atoms with Crippen molar-refractivity contribution in [1.82, 2.24) is 4.98 Å². The Kier molecular flexibility index (Phi) is 4.24. The van der Waals surface area contributed by atoms with Gasteiger partial charge in [0.1, 0.15) is 5.15 Å². The van der Waals surface area contributed by atoms with Crippen LogP contribution in [0.4, 0.5) is 5.69 Å². The fourth-order valence-electron chi connectivity index (χ4n) is 2.40. The molecule has 0 amide bonds. The lowest BCUT2D eigenvalue weighted by Gasteiger charge is -2.31. The van der Waals surface area contributed by atoms with Crippen molar-refractivity contribution in [3.63, 3.8) is 0 Å². The molecule has 1 aromatic rings. The fraction of sp³-hybridized carbons (Fsp3) is 0.615. The summed E-state index contributed by atoms with van der Waals surface area (Å²) in [5, 5.41) is 4.08. The van der Waals surface area contributed by atoms with Gasteiger partial charge in [0, 0.05) is 7.11 Å². The first-order chi connectivity index (χ1) is 8.20. The maximum Gasteiger partial charge on any atom is 0.132 e. The second-order valence-corrected chi connectivity index (χ2v) is 5.00. The van der Waals surface area contributed by atoms with Crippen molar-refractivity contribution in [2.45, 2.75) is 44.8 Å². The molecule has 1 heterocycles. The first-order valence-corrected chi connectivity index (χ1v) is 6.50. The Morgan fingerprint density at radius 2 is 2.18 bits per heavy atom. The van der Waals surface area contributed by atoms with Crippen molar-refractivity contribution < 1.29 is 4.74 Å². The molecule has 1 aromatic heterocycles. The number of anilines is 1. The summed E-state index contributed by atoms with van der Waals surface area (Å²) < 4.78 is 5.52. The van der Waals surface area contributed by atoms with E-state index in [0.29, 0.717) is 17.3 Å². The molecule has 1 saturated carbocycles. The van der Waals surface area contributed by atoms with Crippen LogP contribution in [0.25, 0.3) is 0 Å². The van der Waals surface area contributed by atoms with E-state index in [4.69, 9.17) is 16.3 Å². The summed E-state index contributed by atoms with van der Waals surface area (Å²) in [4.78, 5) is 4.16. The van der Waals surface area contributed by atoms with E-state index in [1.54, 1.807) is 13.3 Å². The van der Waals surface area contributed by atoms with E-state index < -0.39 is 0 Å². The van der Waals surface area contributed by atoms with E-state index in [1.165, 1.54) is 12.8 Å². The van der Waals surface area contributed by atoms with E-state index in [0.717, 1.165) is 24.1 Å². The minimum Gasteiger partial charge on any atom is -0.379 e. The summed E-state index contributed by atoms with van der Waals surface area (Å²) in [6.07, 6.45) is 6.90. The van der Waals surface area contributed by atoms with Crippen LogP contribution in [0, 0.1) is 6.92 Å². The molecule has 2 atom stereocenters. The number of ether oxygens (including phenoxy) is 1. The van der Waals surface area contributed by atoms with Gasteiger partial charge >= 0.3 is 0 Å². The van der Waals surface area contributed by atoms with Crippen molar-refractivity contribution >= 4 is 17.3 Å². The number of nitrogens with zero attached hydrogens (tertiary/aromatic N) is 1. The zero-order chi connectivity index (χ0) is 12.3. The van der Waals surface area contributed by atoms with Gasteiger partial charge in [-0.2, -0.15) is 0 Å². The summed E-state index contributed by atoms with van der Waals surface area (Å²) in [7, 11) is 1.79. The van der Waals surface area contributed by atoms with Crippen molar-refractivity contribution in [3.8, 4) is 0 Å². The average Bonchev–Trinajstić information content (AvgIpc) is 2.34. The Morgan fingerprint density at radius 1 is 1.41 bits per heavy atom. The lowest BCUT2D eigenvalue weighted by Crippen LogP contribution is -2.37. The molecule has 4 heteroatoms. The van der Waals surface area contributed by atoms with E-state index in [9.17, 15) is 0 Å². The van der Waals surface area contributed by atoms with Crippen LogP contribution in [0.1, 0.15) is 31.2 Å². The SMILES string of the molecule is COC1CCCCC1Nc1cnc(Cl)c(C)c1. The van der Waals surface area contributed by atoms with Crippen molar-refractivity contribution in [2.75, 3.05) is 12.4 Å². The third kappa shape index (κ3) is 3.11. The van der Waals surface area contributed by atoms with Crippen molar-refractivity contribution in [2.24, 2.45) is 0 Å². The van der Waals surface area contributed by atoms with Crippen LogP contribution in [0.5, 0.6) is 0 Å². The first kappa shape index (κ1) is 12.7.